The van der Waals surface area contributed by atoms with Crippen molar-refractivity contribution in [3.8, 4) is 29.7 Å². The van der Waals surface area contributed by atoms with Crippen LogP contribution in [-0.2, 0) is 11.3 Å². The second kappa shape index (κ2) is 11.2. The molecular formula is C30H29N5O4. The highest BCUT2D eigenvalue weighted by molar-refractivity contribution is 5.69. The number of amides is 1. The predicted molar refractivity (Wildman–Crippen MR) is 142 cm³/mol. The molecule has 2 atom stereocenters. The van der Waals surface area contributed by atoms with E-state index < -0.39 is 23.3 Å². The summed E-state index contributed by atoms with van der Waals surface area (Å²) in [6, 6.07) is 20.9. The Labute approximate surface area is 227 Å². The van der Waals surface area contributed by atoms with Crippen LogP contribution in [0.1, 0.15) is 30.9 Å². The summed E-state index contributed by atoms with van der Waals surface area (Å²) in [5.74, 6) is -0.438. The van der Waals surface area contributed by atoms with Gasteiger partial charge in [-0.1, -0.05) is 42.5 Å². The molecule has 4 rings (SSSR count). The maximum absolute atomic E-state index is 13.1. The van der Waals surface area contributed by atoms with E-state index >= 15 is 0 Å². The molecule has 1 heterocycles. The molecule has 0 unspecified atom stereocenters. The van der Waals surface area contributed by atoms with Gasteiger partial charge in [-0.15, -0.1) is 0 Å². The second-order valence-corrected chi connectivity index (χ2v) is 9.70. The van der Waals surface area contributed by atoms with Gasteiger partial charge in [0.15, 0.2) is 16.9 Å². The Kier molecular flexibility index (Phi) is 7.79. The highest BCUT2D eigenvalue weighted by Crippen LogP contribution is 2.55. The van der Waals surface area contributed by atoms with Crippen molar-refractivity contribution in [1.82, 2.24) is 4.90 Å². The fourth-order valence-electron chi connectivity index (χ4n) is 5.24. The Morgan fingerprint density at radius 3 is 2.46 bits per heavy atom. The SMILES string of the molecule is COc1cc([C@@H]2[C@@H]3CN(C(=O)OCc4ccccc4)CC=C3C(C#N)=C(N)C2(C#N)C#N)ccc1OC(C)C. The van der Waals surface area contributed by atoms with Gasteiger partial charge in [0.1, 0.15) is 12.7 Å². The first-order valence-corrected chi connectivity index (χ1v) is 12.5. The molecule has 0 saturated heterocycles. The predicted octanol–water partition coefficient (Wildman–Crippen LogP) is 4.54. The molecule has 0 aromatic heterocycles. The standard InChI is InChI=1S/C30H29N5O4/c1-19(2)39-25-10-9-21(13-26(25)37-3)27-24-15-35(29(36)38-16-20-7-5-4-6-8-20)12-11-22(24)23(14-31)28(34)30(27,17-32)18-33/h4-11,13,19,24,27H,12,15-16,34H2,1-3H3/t24-,27-/m1/s1. The van der Waals surface area contributed by atoms with E-state index in [0.717, 1.165) is 5.56 Å². The van der Waals surface area contributed by atoms with Gasteiger partial charge in [0.2, 0.25) is 0 Å². The first-order chi connectivity index (χ1) is 18.8. The van der Waals surface area contributed by atoms with Gasteiger partial charge < -0.3 is 24.8 Å². The highest BCUT2D eigenvalue weighted by atomic mass is 16.6. The van der Waals surface area contributed by atoms with Crippen LogP contribution in [0.2, 0.25) is 0 Å². The summed E-state index contributed by atoms with van der Waals surface area (Å²) in [7, 11) is 1.51. The Morgan fingerprint density at radius 1 is 1.13 bits per heavy atom. The number of nitrogens with two attached hydrogens (primary N) is 1. The maximum Gasteiger partial charge on any atom is 0.410 e. The third-order valence-corrected chi connectivity index (χ3v) is 7.04. The number of hydrogen-bond acceptors (Lipinski definition) is 8. The lowest BCUT2D eigenvalue weighted by molar-refractivity contribution is 0.0898. The van der Waals surface area contributed by atoms with Crippen LogP contribution in [0.25, 0.3) is 0 Å². The Balaban J connectivity index is 1.77. The molecule has 1 aliphatic carbocycles. The van der Waals surface area contributed by atoms with Crippen LogP contribution in [0.4, 0.5) is 4.79 Å². The monoisotopic (exact) mass is 523 g/mol. The van der Waals surface area contributed by atoms with Gasteiger partial charge in [-0.2, -0.15) is 15.8 Å². The van der Waals surface area contributed by atoms with E-state index in [1.807, 2.05) is 44.2 Å². The van der Waals surface area contributed by atoms with Crippen LogP contribution in [0, 0.1) is 45.3 Å². The number of allylic oxidation sites excluding steroid dienone is 2. The number of benzene rings is 2. The molecule has 2 N–H and O–H groups in total. The quantitative estimate of drug-likeness (QED) is 0.581. The van der Waals surface area contributed by atoms with E-state index in [9.17, 15) is 20.6 Å². The van der Waals surface area contributed by atoms with Gasteiger partial charge >= 0.3 is 6.09 Å². The maximum atomic E-state index is 13.1. The molecule has 9 nitrogen and oxygen atoms in total. The van der Waals surface area contributed by atoms with Crippen molar-refractivity contribution >= 4 is 6.09 Å². The average molecular weight is 524 g/mol. The third kappa shape index (κ3) is 4.98. The summed E-state index contributed by atoms with van der Waals surface area (Å²) in [4.78, 5) is 14.6. The van der Waals surface area contributed by atoms with Crippen molar-refractivity contribution in [2.75, 3.05) is 20.2 Å². The van der Waals surface area contributed by atoms with Crippen molar-refractivity contribution in [1.29, 1.82) is 15.8 Å². The number of nitriles is 3. The molecule has 0 spiro atoms. The van der Waals surface area contributed by atoms with Crippen molar-refractivity contribution in [3.05, 3.63) is 82.6 Å². The number of fused-ring (bicyclic) bond motifs is 1. The molecule has 0 radical (unpaired) electrons. The topological polar surface area (TPSA) is 145 Å². The normalized spacial score (nSPS) is 19.6. The fraction of sp³-hybridized carbons (Fsp3) is 0.333. The summed E-state index contributed by atoms with van der Waals surface area (Å²) >= 11 is 0. The average Bonchev–Trinajstić information content (AvgIpc) is 2.95. The van der Waals surface area contributed by atoms with Crippen LogP contribution < -0.4 is 15.2 Å². The smallest absolute Gasteiger partial charge is 0.410 e. The largest absolute Gasteiger partial charge is 0.493 e. The van der Waals surface area contributed by atoms with Crippen molar-refractivity contribution in [2.24, 2.45) is 17.1 Å². The summed E-state index contributed by atoms with van der Waals surface area (Å²) in [5, 5.41) is 30.7. The molecule has 0 fully saturated rings. The van der Waals surface area contributed by atoms with Crippen LogP contribution in [0.5, 0.6) is 11.5 Å². The molecule has 2 aromatic rings. The molecular weight excluding hydrogens is 494 g/mol. The molecule has 39 heavy (non-hydrogen) atoms. The second-order valence-electron chi connectivity index (χ2n) is 9.70. The molecule has 1 aliphatic heterocycles. The number of carbonyl (C=O) groups excluding carboxylic acids is 1. The van der Waals surface area contributed by atoms with Crippen LogP contribution in [0.15, 0.2) is 71.5 Å². The fourth-order valence-corrected chi connectivity index (χ4v) is 5.24. The zero-order valence-corrected chi connectivity index (χ0v) is 22.0. The third-order valence-electron chi connectivity index (χ3n) is 7.04. The van der Waals surface area contributed by atoms with Gasteiger partial charge in [0, 0.05) is 24.9 Å². The summed E-state index contributed by atoms with van der Waals surface area (Å²) < 4.78 is 17.0. The summed E-state index contributed by atoms with van der Waals surface area (Å²) in [6.07, 6.45) is 1.12. The van der Waals surface area contributed by atoms with Gasteiger partial charge in [-0.3, -0.25) is 0 Å². The summed E-state index contributed by atoms with van der Waals surface area (Å²) in [5.41, 5.74) is 6.62. The molecule has 0 saturated carbocycles. The Bertz CT molecular complexity index is 1430. The molecule has 198 valence electrons. The van der Waals surface area contributed by atoms with Gasteiger partial charge in [-0.05, 0) is 42.7 Å². The van der Waals surface area contributed by atoms with E-state index in [4.69, 9.17) is 19.9 Å². The minimum atomic E-state index is -1.85. The van der Waals surface area contributed by atoms with Gasteiger partial charge in [0.25, 0.3) is 0 Å². The van der Waals surface area contributed by atoms with Crippen molar-refractivity contribution in [2.45, 2.75) is 32.5 Å². The van der Waals surface area contributed by atoms with E-state index in [0.29, 0.717) is 22.6 Å². The number of methoxy groups -OCH3 is 1. The summed E-state index contributed by atoms with van der Waals surface area (Å²) in [6.45, 7) is 4.21. The van der Waals surface area contributed by atoms with E-state index in [2.05, 4.69) is 18.2 Å². The Morgan fingerprint density at radius 2 is 1.85 bits per heavy atom. The van der Waals surface area contributed by atoms with E-state index in [-0.39, 0.29) is 37.1 Å². The number of rotatable bonds is 6. The minimum absolute atomic E-state index is 0.0934. The number of nitrogens with zero attached hydrogens (tertiary/aromatic N) is 4. The number of carbonyl (C=O) groups is 1. The number of ether oxygens (including phenoxy) is 3. The lowest BCUT2D eigenvalue weighted by atomic mass is 9.58. The Hall–Kier alpha value is -4.94. The molecule has 0 bridgehead atoms. The lowest BCUT2D eigenvalue weighted by Crippen LogP contribution is -2.49. The van der Waals surface area contributed by atoms with Gasteiger partial charge in [0.05, 0.1) is 36.6 Å². The minimum Gasteiger partial charge on any atom is -0.493 e. The molecule has 1 amide bonds. The van der Waals surface area contributed by atoms with Crippen LogP contribution in [0.3, 0.4) is 0 Å². The molecule has 2 aliphatic rings. The van der Waals surface area contributed by atoms with Crippen molar-refractivity contribution < 1.29 is 19.0 Å². The van der Waals surface area contributed by atoms with Crippen LogP contribution >= 0.6 is 0 Å². The molecule has 9 heteroatoms. The zero-order chi connectivity index (χ0) is 28.2. The first-order valence-electron chi connectivity index (χ1n) is 12.5. The molecule has 2 aromatic carbocycles. The van der Waals surface area contributed by atoms with Gasteiger partial charge in [-0.25, -0.2) is 4.79 Å². The first kappa shape index (κ1) is 27.1. The van der Waals surface area contributed by atoms with E-state index in [1.165, 1.54) is 12.0 Å². The van der Waals surface area contributed by atoms with E-state index in [1.54, 1.807) is 24.3 Å². The lowest BCUT2D eigenvalue weighted by Gasteiger charge is -2.45. The van der Waals surface area contributed by atoms with Crippen molar-refractivity contribution in [3.63, 3.8) is 0 Å². The highest BCUT2D eigenvalue weighted by Gasteiger charge is 2.55. The number of hydrogen-bond donors (Lipinski definition) is 1. The van der Waals surface area contributed by atoms with Crippen LogP contribution in [-0.4, -0.2) is 37.3 Å². The zero-order valence-electron chi connectivity index (χ0n) is 22.0.